The Morgan fingerprint density at radius 3 is 2.95 bits per heavy atom. The summed E-state index contributed by atoms with van der Waals surface area (Å²) in [7, 11) is 0. The second-order valence-electron chi connectivity index (χ2n) is 4.31. The minimum absolute atomic E-state index is 0.511. The average molecular weight is 290 g/mol. The summed E-state index contributed by atoms with van der Waals surface area (Å²) in [6, 6.07) is 12.0. The van der Waals surface area contributed by atoms with E-state index in [-0.39, 0.29) is 0 Å². The average Bonchev–Trinajstić information content (AvgIpc) is 3.04. The van der Waals surface area contributed by atoms with Crippen LogP contribution in [0.3, 0.4) is 0 Å². The van der Waals surface area contributed by atoms with Gasteiger partial charge in [-0.3, -0.25) is 0 Å². The molecule has 19 heavy (non-hydrogen) atoms. The number of hydrogen-bond donors (Lipinski definition) is 0. The van der Waals surface area contributed by atoms with Crippen LogP contribution in [0.25, 0.3) is 27.1 Å². The van der Waals surface area contributed by atoms with Crippen molar-refractivity contribution in [3.05, 3.63) is 47.7 Å². The Hall–Kier alpha value is -1.58. The molecule has 0 N–H and O–H groups in total. The molecular weight excluding hydrogens is 278 g/mol. The van der Waals surface area contributed by atoms with Crippen LogP contribution in [-0.2, 0) is 0 Å². The van der Waals surface area contributed by atoms with Crippen molar-refractivity contribution in [2.75, 3.05) is 5.88 Å². The predicted molar refractivity (Wildman–Crippen MR) is 81.7 cm³/mol. The lowest BCUT2D eigenvalue weighted by Crippen LogP contribution is -1.75. The fraction of sp³-hybridized carbons (Fsp3) is 0.133. The Bertz CT molecular complexity index is 708. The van der Waals surface area contributed by atoms with Crippen molar-refractivity contribution >= 4 is 39.2 Å². The summed E-state index contributed by atoms with van der Waals surface area (Å²) in [5.74, 6) is 2.12. The van der Waals surface area contributed by atoms with Crippen molar-refractivity contribution in [2.45, 2.75) is 6.92 Å². The van der Waals surface area contributed by atoms with E-state index in [1.807, 2.05) is 43.3 Å². The van der Waals surface area contributed by atoms with E-state index in [2.05, 4.69) is 11.1 Å². The van der Waals surface area contributed by atoms with E-state index in [1.165, 1.54) is 4.70 Å². The number of rotatable bonds is 3. The van der Waals surface area contributed by atoms with Crippen LogP contribution in [-0.4, -0.2) is 10.9 Å². The summed E-state index contributed by atoms with van der Waals surface area (Å²) < 4.78 is 6.95. The fourth-order valence-corrected chi connectivity index (χ4v) is 2.81. The zero-order chi connectivity index (χ0) is 13.2. The molecule has 2 nitrogen and oxygen atoms in total. The van der Waals surface area contributed by atoms with Gasteiger partial charge in [0.2, 0.25) is 0 Å². The molecule has 4 heteroatoms. The van der Waals surface area contributed by atoms with E-state index < -0.39 is 0 Å². The van der Waals surface area contributed by atoms with E-state index in [4.69, 9.17) is 16.0 Å². The zero-order valence-corrected chi connectivity index (χ0v) is 12.0. The third-order valence-corrected chi connectivity index (χ3v) is 4.20. The minimum atomic E-state index is 0.511. The number of hydrogen-bond acceptors (Lipinski definition) is 3. The van der Waals surface area contributed by atoms with Crippen molar-refractivity contribution in [2.24, 2.45) is 0 Å². The molecular formula is C15H12ClNOS. The molecule has 0 saturated carbocycles. The van der Waals surface area contributed by atoms with Gasteiger partial charge in [0.25, 0.3) is 0 Å². The lowest BCUT2D eigenvalue weighted by atomic mass is 10.3. The summed E-state index contributed by atoms with van der Waals surface area (Å²) in [5.41, 5.74) is 2.08. The van der Waals surface area contributed by atoms with Crippen LogP contribution in [0.1, 0.15) is 12.7 Å². The van der Waals surface area contributed by atoms with E-state index >= 15 is 0 Å². The number of alkyl halides is 1. The van der Waals surface area contributed by atoms with Crippen molar-refractivity contribution in [1.29, 1.82) is 0 Å². The topological polar surface area (TPSA) is 26.0 Å². The number of nitrogens with zero attached hydrogens (tertiary/aromatic N) is 1. The minimum Gasteiger partial charge on any atom is -0.454 e. The highest BCUT2D eigenvalue weighted by Gasteiger charge is 2.09. The van der Waals surface area contributed by atoms with Gasteiger partial charge in [0.15, 0.2) is 10.8 Å². The lowest BCUT2D eigenvalue weighted by molar-refractivity contribution is 0.571. The van der Waals surface area contributed by atoms with Gasteiger partial charge in [-0.15, -0.1) is 22.9 Å². The van der Waals surface area contributed by atoms with Crippen molar-refractivity contribution in [1.82, 2.24) is 4.98 Å². The number of aromatic nitrogens is 1. The normalized spacial score (nSPS) is 12.2. The van der Waals surface area contributed by atoms with Gasteiger partial charge in [-0.2, -0.15) is 0 Å². The molecule has 0 aliphatic heterocycles. The highest BCUT2D eigenvalue weighted by atomic mass is 35.5. The van der Waals surface area contributed by atoms with E-state index in [9.17, 15) is 0 Å². The number of benzene rings is 1. The summed E-state index contributed by atoms with van der Waals surface area (Å²) in [6.07, 6.45) is 1.95. The van der Waals surface area contributed by atoms with Crippen LogP contribution in [0.4, 0.5) is 0 Å². The van der Waals surface area contributed by atoms with Crippen LogP contribution < -0.4 is 0 Å². The molecule has 0 atom stereocenters. The smallest absolute Gasteiger partial charge is 0.163 e. The third-order valence-electron chi connectivity index (χ3n) is 2.73. The predicted octanol–water partition coefficient (Wildman–Crippen LogP) is 5.20. The van der Waals surface area contributed by atoms with Crippen molar-refractivity contribution in [3.63, 3.8) is 0 Å². The molecule has 0 bridgehead atoms. The lowest BCUT2D eigenvalue weighted by Gasteiger charge is -1.91. The molecule has 2 aromatic heterocycles. The number of thiazole rings is 1. The Labute approximate surface area is 120 Å². The van der Waals surface area contributed by atoms with Gasteiger partial charge < -0.3 is 4.42 Å². The molecule has 96 valence electrons. The molecule has 2 heterocycles. The largest absolute Gasteiger partial charge is 0.454 e. The van der Waals surface area contributed by atoms with Gasteiger partial charge in [-0.25, -0.2) is 4.98 Å². The number of allylic oxidation sites excluding steroid dienone is 1. The van der Waals surface area contributed by atoms with Gasteiger partial charge in [0.05, 0.1) is 10.2 Å². The van der Waals surface area contributed by atoms with E-state index in [1.54, 1.807) is 11.3 Å². The Balaban J connectivity index is 1.98. The van der Waals surface area contributed by atoms with E-state index in [0.717, 1.165) is 27.6 Å². The number of fused-ring (bicyclic) bond motifs is 1. The fourth-order valence-electron chi connectivity index (χ4n) is 1.80. The highest BCUT2D eigenvalue weighted by molar-refractivity contribution is 7.21. The number of furan rings is 1. The summed E-state index contributed by atoms with van der Waals surface area (Å²) in [4.78, 5) is 4.57. The maximum Gasteiger partial charge on any atom is 0.163 e. The van der Waals surface area contributed by atoms with Gasteiger partial charge in [-0.05, 0) is 37.3 Å². The molecule has 0 unspecified atom stereocenters. The maximum absolute atomic E-state index is 5.78. The zero-order valence-electron chi connectivity index (χ0n) is 10.4. The Kier molecular flexibility index (Phi) is 3.40. The molecule has 0 spiro atoms. The molecule has 0 amide bonds. The molecule has 0 saturated heterocycles. The first kappa shape index (κ1) is 12.5. The first-order valence-electron chi connectivity index (χ1n) is 5.95. The van der Waals surface area contributed by atoms with Crippen LogP contribution in [0.2, 0.25) is 0 Å². The quantitative estimate of drug-likeness (QED) is 0.620. The molecule has 1 aromatic carbocycles. The standard InChI is InChI=1S/C15H12ClNOS/c1-10(9-16)8-11-6-7-13(18-11)15-17-12-4-2-3-5-14(12)19-15/h2-8H,9H2,1H3. The third kappa shape index (κ3) is 2.57. The molecule has 0 fully saturated rings. The summed E-state index contributed by atoms with van der Waals surface area (Å²) in [6.45, 7) is 1.98. The van der Waals surface area contributed by atoms with Gasteiger partial charge >= 0.3 is 0 Å². The number of para-hydroxylation sites is 1. The maximum atomic E-state index is 5.78. The summed E-state index contributed by atoms with van der Waals surface area (Å²) in [5, 5.41) is 0.907. The van der Waals surface area contributed by atoms with Gasteiger partial charge in [0.1, 0.15) is 5.76 Å². The van der Waals surface area contributed by atoms with Crippen LogP contribution in [0, 0.1) is 0 Å². The van der Waals surface area contributed by atoms with E-state index in [0.29, 0.717) is 5.88 Å². The molecule has 0 radical (unpaired) electrons. The van der Waals surface area contributed by atoms with Crippen LogP contribution in [0.5, 0.6) is 0 Å². The second kappa shape index (κ2) is 5.19. The highest BCUT2D eigenvalue weighted by Crippen LogP contribution is 2.31. The van der Waals surface area contributed by atoms with Crippen LogP contribution >= 0.6 is 22.9 Å². The Morgan fingerprint density at radius 1 is 1.32 bits per heavy atom. The van der Waals surface area contributed by atoms with Crippen molar-refractivity contribution in [3.8, 4) is 10.8 Å². The van der Waals surface area contributed by atoms with Crippen molar-refractivity contribution < 1.29 is 4.42 Å². The summed E-state index contributed by atoms with van der Waals surface area (Å²) >= 11 is 7.40. The molecule has 0 aliphatic carbocycles. The molecule has 3 aromatic rings. The second-order valence-corrected chi connectivity index (χ2v) is 5.61. The number of halogens is 1. The first-order valence-corrected chi connectivity index (χ1v) is 7.30. The first-order chi connectivity index (χ1) is 9.26. The molecule has 3 rings (SSSR count). The van der Waals surface area contributed by atoms with Gasteiger partial charge in [0, 0.05) is 5.88 Å². The van der Waals surface area contributed by atoms with Gasteiger partial charge in [-0.1, -0.05) is 17.7 Å². The Morgan fingerprint density at radius 2 is 2.16 bits per heavy atom. The monoisotopic (exact) mass is 289 g/mol. The van der Waals surface area contributed by atoms with Crippen LogP contribution in [0.15, 0.2) is 46.4 Å². The SMILES string of the molecule is CC(=Cc1ccc(-c2nc3ccccc3s2)o1)CCl. The molecule has 0 aliphatic rings.